The zero-order valence-corrected chi connectivity index (χ0v) is 13.0. The van der Waals surface area contributed by atoms with Crippen molar-refractivity contribution in [2.75, 3.05) is 0 Å². The van der Waals surface area contributed by atoms with Gasteiger partial charge in [0.15, 0.2) is 0 Å². The standard InChI is InChI=1S/C18H15ClFNO2.Na.H/c19-12-6-9-16-15(10-12)14(2-1-3-17(22)23)18(21-16)11-4-7-13(20)8-5-11;;/h4-10,21H,1-3H2,(H,22,23);;. The van der Waals surface area contributed by atoms with Gasteiger partial charge >= 0.3 is 35.5 Å². The van der Waals surface area contributed by atoms with Gasteiger partial charge in [-0.25, -0.2) is 4.39 Å². The molecule has 0 aliphatic rings. The number of hydrogen-bond acceptors (Lipinski definition) is 1. The number of fused-ring (bicyclic) bond motifs is 1. The van der Waals surface area contributed by atoms with Crippen LogP contribution in [0.4, 0.5) is 4.39 Å². The zero-order valence-electron chi connectivity index (χ0n) is 12.3. The molecule has 1 aromatic heterocycles. The van der Waals surface area contributed by atoms with Gasteiger partial charge in [0.25, 0.3) is 0 Å². The van der Waals surface area contributed by atoms with Crippen LogP contribution in [-0.2, 0) is 11.2 Å². The van der Waals surface area contributed by atoms with Crippen LogP contribution in [0, 0.1) is 5.82 Å². The van der Waals surface area contributed by atoms with Crippen LogP contribution in [-0.4, -0.2) is 45.6 Å². The summed E-state index contributed by atoms with van der Waals surface area (Å²) < 4.78 is 13.2. The predicted octanol–water partition coefficient (Wildman–Crippen LogP) is 4.39. The van der Waals surface area contributed by atoms with Crippen molar-refractivity contribution < 1.29 is 14.3 Å². The molecule has 0 fully saturated rings. The summed E-state index contributed by atoms with van der Waals surface area (Å²) in [5, 5.41) is 10.4. The summed E-state index contributed by atoms with van der Waals surface area (Å²) in [6.45, 7) is 0. The average molecular weight is 356 g/mol. The Morgan fingerprint density at radius 3 is 2.54 bits per heavy atom. The molecule has 3 rings (SSSR count). The normalized spacial score (nSPS) is 10.6. The first-order chi connectivity index (χ1) is 11.0. The van der Waals surface area contributed by atoms with E-state index >= 15 is 0 Å². The Labute approximate surface area is 166 Å². The van der Waals surface area contributed by atoms with Gasteiger partial charge in [0, 0.05) is 28.0 Å². The molecule has 0 radical (unpaired) electrons. The Balaban J connectivity index is 0.00000208. The van der Waals surface area contributed by atoms with Crippen molar-refractivity contribution in [3.05, 3.63) is 58.9 Å². The van der Waals surface area contributed by atoms with Crippen LogP contribution in [0.3, 0.4) is 0 Å². The van der Waals surface area contributed by atoms with Gasteiger partial charge in [-0.15, -0.1) is 0 Å². The second-order valence-electron chi connectivity index (χ2n) is 5.42. The molecule has 0 aliphatic heterocycles. The van der Waals surface area contributed by atoms with E-state index in [2.05, 4.69) is 4.98 Å². The minimum atomic E-state index is -0.814. The molecule has 0 saturated heterocycles. The number of carboxylic acid groups (broad SMARTS) is 1. The Hall–Kier alpha value is -1.33. The Kier molecular flexibility index (Phi) is 6.47. The van der Waals surface area contributed by atoms with Crippen LogP contribution in [0.5, 0.6) is 0 Å². The van der Waals surface area contributed by atoms with Gasteiger partial charge in [-0.1, -0.05) is 11.6 Å². The maximum atomic E-state index is 13.2. The third-order valence-electron chi connectivity index (χ3n) is 3.82. The van der Waals surface area contributed by atoms with Crippen molar-refractivity contribution in [3.8, 4) is 11.3 Å². The summed E-state index contributed by atoms with van der Waals surface area (Å²) in [6, 6.07) is 11.8. The molecular formula is C18H16ClFNNaO2. The van der Waals surface area contributed by atoms with Crippen molar-refractivity contribution in [1.29, 1.82) is 0 Å². The average Bonchev–Trinajstić information content (AvgIpc) is 2.86. The number of aliphatic carboxylic acids is 1. The first-order valence-electron chi connectivity index (χ1n) is 7.32. The van der Waals surface area contributed by atoms with E-state index < -0.39 is 5.97 Å². The molecule has 3 aromatic rings. The number of aryl methyl sites for hydroxylation is 1. The van der Waals surface area contributed by atoms with E-state index in [9.17, 15) is 9.18 Å². The molecule has 0 saturated carbocycles. The van der Waals surface area contributed by atoms with Crippen LogP contribution in [0.25, 0.3) is 22.2 Å². The third-order valence-corrected chi connectivity index (χ3v) is 4.05. The van der Waals surface area contributed by atoms with Gasteiger partial charge in [0.2, 0.25) is 0 Å². The number of carboxylic acids is 1. The maximum absolute atomic E-state index is 13.2. The van der Waals surface area contributed by atoms with Gasteiger partial charge in [0.1, 0.15) is 5.82 Å². The number of benzene rings is 2. The Morgan fingerprint density at radius 2 is 1.88 bits per heavy atom. The molecule has 6 heteroatoms. The molecule has 1 heterocycles. The van der Waals surface area contributed by atoms with Crippen LogP contribution >= 0.6 is 11.6 Å². The number of aromatic amines is 1. The number of nitrogens with one attached hydrogen (secondary N) is 1. The quantitative estimate of drug-likeness (QED) is 0.667. The van der Waals surface area contributed by atoms with Crippen molar-refractivity contribution in [1.82, 2.24) is 4.98 Å². The first kappa shape index (κ1) is 19.0. The number of rotatable bonds is 5. The summed E-state index contributed by atoms with van der Waals surface area (Å²) in [7, 11) is 0. The second kappa shape index (κ2) is 8.17. The fraction of sp³-hybridized carbons (Fsp3) is 0.167. The van der Waals surface area contributed by atoms with E-state index in [1.165, 1.54) is 12.1 Å². The number of hydrogen-bond donors (Lipinski definition) is 2. The summed E-state index contributed by atoms with van der Waals surface area (Å²) in [6.07, 6.45) is 1.25. The predicted molar refractivity (Wildman–Crippen MR) is 96.4 cm³/mol. The summed E-state index contributed by atoms with van der Waals surface area (Å²) in [5.41, 5.74) is 3.69. The summed E-state index contributed by atoms with van der Waals surface area (Å²) >= 11 is 6.09. The molecular weight excluding hydrogens is 340 g/mol. The number of aromatic nitrogens is 1. The fourth-order valence-corrected chi connectivity index (χ4v) is 2.93. The van der Waals surface area contributed by atoms with E-state index in [1.807, 2.05) is 12.1 Å². The van der Waals surface area contributed by atoms with Crippen LogP contribution in [0.1, 0.15) is 18.4 Å². The molecule has 0 aliphatic carbocycles. The molecule has 0 atom stereocenters. The third kappa shape index (κ3) is 4.19. The molecule has 0 amide bonds. The first-order valence-corrected chi connectivity index (χ1v) is 7.70. The van der Waals surface area contributed by atoms with Crippen molar-refractivity contribution >= 4 is 58.0 Å². The van der Waals surface area contributed by atoms with Gasteiger partial charge in [-0.05, 0) is 66.4 Å². The number of carbonyl (C=O) groups is 1. The SMILES string of the molecule is O=C(O)CCCc1c(-c2ccc(F)cc2)[nH]c2ccc(Cl)cc12.[NaH]. The summed E-state index contributed by atoms with van der Waals surface area (Å²) in [4.78, 5) is 14.1. The molecule has 3 nitrogen and oxygen atoms in total. The number of halogens is 2. The molecule has 120 valence electrons. The summed E-state index contributed by atoms with van der Waals surface area (Å²) in [5.74, 6) is -1.11. The van der Waals surface area contributed by atoms with Crippen molar-refractivity contribution in [2.24, 2.45) is 0 Å². The fourth-order valence-electron chi connectivity index (χ4n) is 2.76. The molecule has 2 N–H and O–H groups in total. The molecule has 0 spiro atoms. The molecule has 0 unspecified atom stereocenters. The second-order valence-corrected chi connectivity index (χ2v) is 5.86. The van der Waals surface area contributed by atoms with Crippen molar-refractivity contribution in [3.63, 3.8) is 0 Å². The van der Waals surface area contributed by atoms with Gasteiger partial charge in [0.05, 0.1) is 0 Å². The van der Waals surface area contributed by atoms with E-state index in [1.54, 1.807) is 18.2 Å². The van der Waals surface area contributed by atoms with E-state index in [4.69, 9.17) is 16.7 Å². The van der Waals surface area contributed by atoms with E-state index in [0.29, 0.717) is 17.9 Å². The van der Waals surface area contributed by atoms with Gasteiger partial charge < -0.3 is 10.1 Å². The molecule has 24 heavy (non-hydrogen) atoms. The molecule has 0 bridgehead atoms. The van der Waals surface area contributed by atoms with Crippen LogP contribution < -0.4 is 0 Å². The molecule has 2 aromatic carbocycles. The Bertz CT molecular complexity index is 861. The topological polar surface area (TPSA) is 53.1 Å². The van der Waals surface area contributed by atoms with Crippen LogP contribution in [0.2, 0.25) is 5.02 Å². The van der Waals surface area contributed by atoms with Crippen molar-refractivity contribution in [2.45, 2.75) is 19.3 Å². The monoisotopic (exact) mass is 355 g/mol. The zero-order chi connectivity index (χ0) is 16.4. The van der Waals surface area contributed by atoms with Gasteiger partial charge in [-0.3, -0.25) is 4.79 Å². The Morgan fingerprint density at radius 1 is 1.17 bits per heavy atom. The van der Waals surface area contributed by atoms with Crippen LogP contribution in [0.15, 0.2) is 42.5 Å². The van der Waals surface area contributed by atoms with Gasteiger partial charge in [-0.2, -0.15) is 0 Å². The van der Waals surface area contributed by atoms with E-state index in [0.717, 1.165) is 27.7 Å². The minimum absolute atomic E-state index is 0. The van der Waals surface area contributed by atoms with E-state index in [-0.39, 0.29) is 41.8 Å². The number of H-pyrrole nitrogens is 1.